The number of halogens is 2. The molecule has 6 nitrogen and oxygen atoms in total. The Bertz CT molecular complexity index is 967. The number of ether oxygens (including phenoxy) is 2. The Labute approximate surface area is 192 Å². The summed E-state index contributed by atoms with van der Waals surface area (Å²) in [6.45, 7) is 3.20. The molecule has 2 aromatic rings. The Morgan fingerprint density at radius 1 is 1.10 bits per heavy atom. The minimum absolute atomic E-state index is 0.0887. The smallest absolute Gasteiger partial charge is 0.255 e. The molecule has 166 valence electrons. The highest BCUT2D eigenvalue weighted by atomic mass is 35.5. The molecule has 0 spiro atoms. The van der Waals surface area contributed by atoms with Gasteiger partial charge in [0.05, 0.1) is 30.7 Å². The van der Waals surface area contributed by atoms with E-state index in [9.17, 15) is 9.59 Å². The Kier molecular flexibility index (Phi) is 7.68. The van der Waals surface area contributed by atoms with E-state index in [-0.39, 0.29) is 29.3 Å². The maximum absolute atomic E-state index is 13.2. The van der Waals surface area contributed by atoms with Crippen molar-refractivity contribution in [2.75, 3.05) is 33.9 Å². The maximum Gasteiger partial charge on any atom is 0.255 e. The summed E-state index contributed by atoms with van der Waals surface area (Å²) < 4.78 is 10.9. The number of methoxy groups -OCH3 is 2. The molecule has 0 bridgehead atoms. The second-order valence-corrected chi connectivity index (χ2v) is 8.29. The molecule has 0 aliphatic carbocycles. The zero-order valence-corrected chi connectivity index (χ0v) is 19.3. The molecule has 1 aliphatic heterocycles. The molecule has 2 amide bonds. The van der Waals surface area contributed by atoms with Gasteiger partial charge in [0.1, 0.15) is 11.5 Å². The standard InChI is InChI=1S/C23H26Cl2N2O4/c1-4-9-26-22(28)19-13-27(23(29)16-7-5-14(24)10-20(16)25)12-18(19)17-11-15(30-2)6-8-21(17)31-3/h5-8,10-11,18-19H,4,9,12-13H2,1-3H3,(H,26,28). The third-order valence-corrected chi connectivity index (χ3v) is 6.04. The zero-order chi connectivity index (χ0) is 22.5. The number of carbonyl (C=O) groups is 2. The first kappa shape index (κ1) is 23.2. The topological polar surface area (TPSA) is 67.9 Å². The Balaban J connectivity index is 1.96. The van der Waals surface area contributed by atoms with Crippen LogP contribution in [0.5, 0.6) is 11.5 Å². The third-order valence-electron chi connectivity index (χ3n) is 5.49. The van der Waals surface area contributed by atoms with Crippen LogP contribution < -0.4 is 14.8 Å². The predicted octanol–water partition coefficient (Wildman–Crippen LogP) is 4.39. The molecule has 3 rings (SSSR count). The highest BCUT2D eigenvalue weighted by Crippen LogP contribution is 2.40. The number of hydrogen-bond donors (Lipinski definition) is 1. The van der Waals surface area contributed by atoms with Crippen molar-refractivity contribution in [2.24, 2.45) is 5.92 Å². The normalized spacial score (nSPS) is 18.0. The fourth-order valence-corrected chi connectivity index (χ4v) is 4.38. The number of nitrogens with one attached hydrogen (secondary N) is 1. The molecule has 1 aliphatic rings. The second kappa shape index (κ2) is 10.2. The van der Waals surface area contributed by atoms with Crippen molar-refractivity contribution in [1.82, 2.24) is 10.2 Å². The van der Waals surface area contributed by atoms with Gasteiger partial charge in [-0.1, -0.05) is 30.1 Å². The lowest BCUT2D eigenvalue weighted by Gasteiger charge is -2.21. The van der Waals surface area contributed by atoms with E-state index in [1.54, 1.807) is 43.4 Å². The monoisotopic (exact) mass is 464 g/mol. The van der Waals surface area contributed by atoms with Crippen molar-refractivity contribution >= 4 is 35.0 Å². The summed E-state index contributed by atoms with van der Waals surface area (Å²) >= 11 is 12.2. The van der Waals surface area contributed by atoms with Crippen molar-refractivity contribution < 1.29 is 19.1 Å². The van der Waals surface area contributed by atoms with Gasteiger partial charge >= 0.3 is 0 Å². The molecule has 1 fully saturated rings. The number of likely N-dealkylation sites (tertiary alicyclic amines) is 1. The van der Waals surface area contributed by atoms with Gasteiger partial charge in [-0.15, -0.1) is 0 Å². The second-order valence-electron chi connectivity index (χ2n) is 7.45. The zero-order valence-electron chi connectivity index (χ0n) is 17.8. The largest absolute Gasteiger partial charge is 0.497 e. The van der Waals surface area contributed by atoms with Crippen LogP contribution in [0.4, 0.5) is 0 Å². The summed E-state index contributed by atoms with van der Waals surface area (Å²) in [7, 11) is 3.17. The van der Waals surface area contributed by atoms with Crippen LogP contribution in [0.2, 0.25) is 10.0 Å². The lowest BCUT2D eigenvalue weighted by atomic mass is 9.87. The SMILES string of the molecule is CCCNC(=O)C1CN(C(=O)c2ccc(Cl)cc2Cl)CC1c1cc(OC)ccc1OC. The van der Waals surface area contributed by atoms with Gasteiger partial charge < -0.3 is 19.7 Å². The molecular formula is C23H26Cl2N2O4. The summed E-state index contributed by atoms with van der Waals surface area (Å²) in [4.78, 5) is 27.9. The van der Waals surface area contributed by atoms with E-state index in [4.69, 9.17) is 32.7 Å². The number of benzene rings is 2. The van der Waals surface area contributed by atoms with Crippen LogP contribution in [0.3, 0.4) is 0 Å². The number of amides is 2. The van der Waals surface area contributed by atoms with Crippen LogP contribution in [0.15, 0.2) is 36.4 Å². The van der Waals surface area contributed by atoms with Crippen molar-refractivity contribution in [3.63, 3.8) is 0 Å². The highest BCUT2D eigenvalue weighted by molar-refractivity contribution is 6.36. The summed E-state index contributed by atoms with van der Waals surface area (Å²) in [5.41, 5.74) is 1.19. The summed E-state index contributed by atoms with van der Waals surface area (Å²) in [5.74, 6) is 0.306. The molecule has 0 saturated carbocycles. The van der Waals surface area contributed by atoms with Crippen LogP contribution in [-0.4, -0.2) is 50.6 Å². The molecule has 0 radical (unpaired) electrons. The maximum atomic E-state index is 13.2. The van der Waals surface area contributed by atoms with Crippen LogP contribution in [0, 0.1) is 5.92 Å². The molecule has 1 saturated heterocycles. The molecule has 2 atom stereocenters. The van der Waals surface area contributed by atoms with E-state index in [1.807, 2.05) is 19.1 Å². The Morgan fingerprint density at radius 3 is 2.52 bits per heavy atom. The first-order valence-corrected chi connectivity index (χ1v) is 10.9. The van der Waals surface area contributed by atoms with Crippen molar-refractivity contribution in [2.45, 2.75) is 19.3 Å². The van der Waals surface area contributed by atoms with Gasteiger partial charge in [0.2, 0.25) is 5.91 Å². The van der Waals surface area contributed by atoms with Crippen molar-refractivity contribution in [3.05, 3.63) is 57.6 Å². The van der Waals surface area contributed by atoms with Gasteiger partial charge in [-0.2, -0.15) is 0 Å². The van der Waals surface area contributed by atoms with E-state index in [0.29, 0.717) is 35.2 Å². The average molecular weight is 465 g/mol. The molecule has 1 heterocycles. The fraction of sp³-hybridized carbons (Fsp3) is 0.391. The van der Waals surface area contributed by atoms with Crippen LogP contribution in [-0.2, 0) is 4.79 Å². The first-order chi connectivity index (χ1) is 14.9. The molecular weight excluding hydrogens is 439 g/mol. The fourth-order valence-electron chi connectivity index (χ4n) is 3.89. The van der Waals surface area contributed by atoms with Gasteiger partial charge in [-0.05, 0) is 42.8 Å². The Morgan fingerprint density at radius 2 is 1.87 bits per heavy atom. The molecule has 2 unspecified atom stereocenters. The van der Waals surface area contributed by atoms with E-state index < -0.39 is 5.92 Å². The van der Waals surface area contributed by atoms with Crippen molar-refractivity contribution in [1.29, 1.82) is 0 Å². The van der Waals surface area contributed by atoms with E-state index in [1.165, 1.54) is 0 Å². The van der Waals surface area contributed by atoms with E-state index in [0.717, 1.165) is 12.0 Å². The molecule has 2 aromatic carbocycles. The van der Waals surface area contributed by atoms with Crippen LogP contribution >= 0.6 is 23.2 Å². The highest BCUT2D eigenvalue weighted by Gasteiger charge is 2.42. The summed E-state index contributed by atoms with van der Waals surface area (Å²) in [6.07, 6.45) is 0.828. The third kappa shape index (κ3) is 5.08. The summed E-state index contributed by atoms with van der Waals surface area (Å²) in [6, 6.07) is 10.3. The lowest BCUT2D eigenvalue weighted by Crippen LogP contribution is -2.36. The lowest BCUT2D eigenvalue weighted by molar-refractivity contribution is -0.124. The number of nitrogens with zero attached hydrogens (tertiary/aromatic N) is 1. The number of carbonyl (C=O) groups excluding carboxylic acids is 2. The average Bonchev–Trinajstić information content (AvgIpc) is 3.22. The van der Waals surface area contributed by atoms with E-state index >= 15 is 0 Å². The van der Waals surface area contributed by atoms with Crippen LogP contribution in [0.1, 0.15) is 35.2 Å². The van der Waals surface area contributed by atoms with E-state index in [2.05, 4.69) is 5.32 Å². The first-order valence-electron chi connectivity index (χ1n) is 10.1. The van der Waals surface area contributed by atoms with Gasteiger partial charge in [-0.3, -0.25) is 9.59 Å². The van der Waals surface area contributed by atoms with Gasteiger partial charge in [0.25, 0.3) is 5.91 Å². The molecule has 0 aromatic heterocycles. The van der Waals surface area contributed by atoms with Gasteiger partial charge in [-0.25, -0.2) is 0 Å². The quantitative estimate of drug-likeness (QED) is 0.659. The Hall–Kier alpha value is -2.44. The van der Waals surface area contributed by atoms with Gasteiger partial charge in [0.15, 0.2) is 0 Å². The van der Waals surface area contributed by atoms with Gasteiger partial charge in [0, 0.05) is 36.1 Å². The van der Waals surface area contributed by atoms with Crippen LogP contribution in [0.25, 0.3) is 0 Å². The number of hydrogen-bond acceptors (Lipinski definition) is 4. The minimum atomic E-state index is -0.428. The molecule has 1 N–H and O–H groups in total. The predicted molar refractivity (Wildman–Crippen MR) is 121 cm³/mol. The number of rotatable bonds is 7. The van der Waals surface area contributed by atoms with Crippen molar-refractivity contribution in [3.8, 4) is 11.5 Å². The summed E-state index contributed by atoms with van der Waals surface area (Å²) in [5, 5.41) is 3.71. The molecule has 31 heavy (non-hydrogen) atoms. The molecule has 8 heteroatoms. The minimum Gasteiger partial charge on any atom is -0.497 e.